The molecule has 4 rings (SSSR count). The van der Waals surface area contributed by atoms with Gasteiger partial charge >= 0.3 is 6.01 Å². The number of hydrogen-bond donors (Lipinski definition) is 1. The van der Waals surface area contributed by atoms with Gasteiger partial charge < -0.3 is 4.42 Å². The van der Waals surface area contributed by atoms with E-state index >= 15 is 0 Å². The monoisotopic (exact) mass is 457 g/mol. The Morgan fingerprint density at radius 3 is 2.52 bits per heavy atom. The Hall–Kier alpha value is -3.50. The molecule has 1 N–H and O–H groups in total. The van der Waals surface area contributed by atoms with E-state index in [1.165, 1.54) is 29.3 Å². The maximum Gasteiger partial charge on any atom is 0.302 e. The molecule has 0 aliphatic carbocycles. The highest BCUT2D eigenvalue weighted by Crippen LogP contribution is 2.21. The van der Waals surface area contributed by atoms with Crippen molar-refractivity contribution in [3.63, 3.8) is 0 Å². The lowest BCUT2D eigenvalue weighted by atomic mass is 10.3. The first-order valence-corrected chi connectivity index (χ1v) is 11.2. The van der Waals surface area contributed by atoms with Crippen molar-refractivity contribution in [2.45, 2.75) is 11.8 Å². The van der Waals surface area contributed by atoms with E-state index in [0.717, 1.165) is 6.26 Å². The fraction of sp³-hybridized carbons (Fsp3) is 0.100. The largest absolute Gasteiger partial charge is 0.431 e. The number of oxazole rings is 1. The highest BCUT2D eigenvalue weighted by Gasteiger charge is 2.19. The Morgan fingerprint density at radius 2 is 1.87 bits per heavy atom. The third-order valence-corrected chi connectivity index (χ3v) is 5.64. The minimum absolute atomic E-state index is 0.00502. The number of carbonyl (C=O) groups is 1. The summed E-state index contributed by atoms with van der Waals surface area (Å²) in [6.45, 7) is 1.74. The van der Waals surface area contributed by atoms with E-state index < -0.39 is 15.7 Å². The van der Waals surface area contributed by atoms with Crippen LogP contribution < -0.4 is 5.32 Å². The number of nitrogens with zero attached hydrogens (tertiary/aromatic N) is 4. The van der Waals surface area contributed by atoms with Gasteiger partial charge in [0, 0.05) is 12.5 Å². The first-order chi connectivity index (χ1) is 14.7. The molecule has 0 aliphatic heterocycles. The summed E-state index contributed by atoms with van der Waals surface area (Å²) >= 11 is 5.84. The van der Waals surface area contributed by atoms with Gasteiger partial charge in [-0.2, -0.15) is 10.1 Å². The van der Waals surface area contributed by atoms with Gasteiger partial charge in [-0.3, -0.25) is 15.1 Å². The summed E-state index contributed by atoms with van der Waals surface area (Å²) in [5.74, 6) is -0.495. The minimum Gasteiger partial charge on any atom is -0.431 e. The van der Waals surface area contributed by atoms with Crippen LogP contribution in [-0.4, -0.2) is 40.3 Å². The molecule has 0 atom stereocenters. The number of nitrogens with one attached hydrogen (secondary N) is 1. The van der Waals surface area contributed by atoms with Crippen LogP contribution in [0.3, 0.4) is 0 Å². The lowest BCUT2D eigenvalue weighted by molar-refractivity contribution is 0.101. The van der Waals surface area contributed by atoms with E-state index in [1.54, 1.807) is 37.3 Å². The van der Waals surface area contributed by atoms with Crippen LogP contribution in [0, 0.1) is 6.92 Å². The second kappa shape index (κ2) is 7.97. The molecule has 0 saturated heterocycles. The fourth-order valence-corrected chi connectivity index (χ4v) is 3.57. The molecule has 0 aliphatic rings. The molecule has 9 nitrogen and oxygen atoms in total. The van der Waals surface area contributed by atoms with E-state index in [1.807, 2.05) is 0 Å². The van der Waals surface area contributed by atoms with E-state index in [9.17, 15) is 13.2 Å². The molecule has 158 valence electrons. The van der Waals surface area contributed by atoms with Crippen molar-refractivity contribution in [3.05, 3.63) is 71.3 Å². The maximum atomic E-state index is 12.8. The average Bonchev–Trinajstić information content (AvgIpc) is 3.35. The van der Waals surface area contributed by atoms with E-state index in [2.05, 4.69) is 20.4 Å². The molecule has 0 saturated carbocycles. The summed E-state index contributed by atoms with van der Waals surface area (Å²) in [5, 5.41) is 7.42. The third-order valence-electron chi connectivity index (χ3n) is 4.29. The zero-order valence-electron chi connectivity index (χ0n) is 16.4. The molecule has 0 spiro atoms. The van der Waals surface area contributed by atoms with Crippen LogP contribution in [0.2, 0.25) is 5.02 Å². The van der Waals surface area contributed by atoms with Crippen LogP contribution >= 0.6 is 11.6 Å². The Labute approximate surface area is 182 Å². The van der Waals surface area contributed by atoms with Gasteiger partial charge in [-0.1, -0.05) is 11.6 Å². The zero-order chi connectivity index (χ0) is 22.2. The molecule has 0 radical (unpaired) electrons. The van der Waals surface area contributed by atoms with Gasteiger partial charge in [0.05, 0.1) is 27.0 Å². The number of benzene rings is 1. The summed E-state index contributed by atoms with van der Waals surface area (Å²) in [5.41, 5.74) is 2.35. The molecule has 3 heterocycles. The smallest absolute Gasteiger partial charge is 0.302 e. The van der Waals surface area contributed by atoms with E-state index in [4.69, 9.17) is 16.0 Å². The van der Waals surface area contributed by atoms with Crippen molar-refractivity contribution in [1.29, 1.82) is 0 Å². The zero-order valence-corrected chi connectivity index (χ0v) is 18.0. The predicted molar refractivity (Wildman–Crippen MR) is 114 cm³/mol. The molecule has 3 aromatic heterocycles. The maximum absolute atomic E-state index is 12.8. The van der Waals surface area contributed by atoms with Gasteiger partial charge in [-0.05, 0) is 49.4 Å². The quantitative estimate of drug-likeness (QED) is 0.486. The predicted octanol–water partition coefficient (Wildman–Crippen LogP) is 3.54. The van der Waals surface area contributed by atoms with Crippen molar-refractivity contribution in [1.82, 2.24) is 19.7 Å². The van der Waals surface area contributed by atoms with Gasteiger partial charge in [0.25, 0.3) is 5.91 Å². The first kappa shape index (κ1) is 20.8. The Morgan fingerprint density at radius 1 is 1.13 bits per heavy atom. The number of rotatable bonds is 5. The molecule has 31 heavy (non-hydrogen) atoms. The van der Waals surface area contributed by atoms with E-state index in [-0.39, 0.29) is 16.6 Å². The summed E-state index contributed by atoms with van der Waals surface area (Å²) in [6.07, 6.45) is 3.99. The van der Waals surface area contributed by atoms with Crippen LogP contribution in [0.1, 0.15) is 16.2 Å². The number of aryl methyl sites for hydroxylation is 1. The Bertz CT molecular complexity index is 1360. The summed E-state index contributed by atoms with van der Waals surface area (Å²) in [4.78, 5) is 21.4. The van der Waals surface area contributed by atoms with Gasteiger partial charge in [-0.25, -0.2) is 13.1 Å². The van der Waals surface area contributed by atoms with Crippen molar-refractivity contribution in [2.75, 3.05) is 11.6 Å². The number of hydrogen-bond acceptors (Lipinski definition) is 7. The summed E-state index contributed by atoms with van der Waals surface area (Å²) in [6, 6.07) is 11.0. The Balaban J connectivity index is 1.58. The normalized spacial score (nSPS) is 11.5. The molecule has 11 heteroatoms. The molecular formula is C20H16ClN5O4S. The standard InChI is InChI=1S/C20H16ClN5O4S/c1-12-9-18(26(25-12)14-4-6-15(7-5-14)31(2,28)29)19(27)24-20-23-17(11-30-20)16-8-3-13(21)10-22-16/h3-11H,1-2H3,(H,23,24,27). The highest BCUT2D eigenvalue weighted by molar-refractivity contribution is 7.90. The van der Waals surface area contributed by atoms with Crippen molar-refractivity contribution >= 4 is 33.4 Å². The van der Waals surface area contributed by atoms with Gasteiger partial charge in [0.15, 0.2) is 9.84 Å². The van der Waals surface area contributed by atoms with Gasteiger partial charge in [0.1, 0.15) is 17.7 Å². The number of amides is 1. The second-order valence-electron chi connectivity index (χ2n) is 6.70. The third kappa shape index (κ3) is 4.49. The lowest BCUT2D eigenvalue weighted by Crippen LogP contribution is -2.17. The van der Waals surface area contributed by atoms with Crippen molar-refractivity contribution < 1.29 is 17.6 Å². The molecule has 1 aromatic carbocycles. The molecule has 0 fully saturated rings. The second-order valence-corrected chi connectivity index (χ2v) is 9.15. The van der Waals surface area contributed by atoms with Crippen LogP contribution in [0.15, 0.2) is 64.2 Å². The number of anilines is 1. The van der Waals surface area contributed by atoms with Crippen LogP contribution in [0.5, 0.6) is 0 Å². The minimum atomic E-state index is -3.33. The number of pyridine rings is 1. The fourth-order valence-electron chi connectivity index (χ4n) is 2.83. The Kier molecular flexibility index (Phi) is 5.34. The van der Waals surface area contributed by atoms with Crippen molar-refractivity contribution in [3.8, 4) is 17.1 Å². The number of aromatic nitrogens is 4. The molecule has 4 aromatic rings. The van der Waals surface area contributed by atoms with E-state index in [0.29, 0.717) is 27.8 Å². The number of halogens is 1. The van der Waals surface area contributed by atoms with Gasteiger partial charge in [0.2, 0.25) is 0 Å². The summed E-state index contributed by atoms with van der Waals surface area (Å²) < 4.78 is 30.1. The van der Waals surface area contributed by atoms with Crippen molar-refractivity contribution in [2.24, 2.45) is 0 Å². The van der Waals surface area contributed by atoms with Crippen LogP contribution in [-0.2, 0) is 9.84 Å². The molecule has 0 bridgehead atoms. The number of sulfone groups is 1. The van der Waals surface area contributed by atoms with Gasteiger partial charge in [-0.15, -0.1) is 0 Å². The topological polar surface area (TPSA) is 120 Å². The number of carbonyl (C=O) groups excluding carboxylic acids is 1. The first-order valence-electron chi connectivity index (χ1n) is 8.97. The SMILES string of the molecule is Cc1cc(C(=O)Nc2nc(-c3ccc(Cl)cn3)co2)n(-c2ccc(S(C)(=O)=O)cc2)n1. The average molecular weight is 458 g/mol. The molecule has 0 unspecified atom stereocenters. The molecule has 1 amide bonds. The molecular weight excluding hydrogens is 442 g/mol. The van der Waals surface area contributed by atoms with Crippen LogP contribution in [0.25, 0.3) is 17.1 Å². The summed E-state index contributed by atoms with van der Waals surface area (Å²) in [7, 11) is -3.33. The highest BCUT2D eigenvalue weighted by atomic mass is 35.5. The van der Waals surface area contributed by atoms with Crippen LogP contribution in [0.4, 0.5) is 6.01 Å². The lowest BCUT2D eigenvalue weighted by Gasteiger charge is -2.07.